The third-order valence-electron chi connectivity index (χ3n) is 4.21. The van der Waals surface area contributed by atoms with Gasteiger partial charge in [-0.2, -0.15) is 0 Å². The number of nitrogen functional groups attached to an aromatic ring is 1. The fraction of sp³-hybridized carbons (Fsp3) is 0.588. The Morgan fingerprint density at radius 3 is 2.67 bits per heavy atom. The van der Waals surface area contributed by atoms with E-state index in [1.165, 1.54) is 0 Å². The number of ether oxygens (including phenoxy) is 1. The Labute approximate surface area is 127 Å². The Balaban J connectivity index is 1.83. The molecule has 1 atom stereocenters. The molecule has 4 nitrogen and oxygen atoms in total. The van der Waals surface area contributed by atoms with E-state index in [0.29, 0.717) is 16.8 Å². The number of hydrogen-bond acceptors (Lipinski definition) is 3. The highest BCUT2D eigenvalue weighted by molar-refractivity contribution is 5.94. The third-order valence-corrected chi connectivity index (χ3v) is 4.21. The molecule has 1 fully saturated rings. The summed E-state index contributed by atoms with van der Waals surface area (Å²) < 4.78 is 5.91. The SMILES string of the molecule is CC(OC1CCC(C)(C)CC1)C(=O)Nc1cccc(N)c1. The van der Waals surface area contributed by atoms with Gasteiger partial charge in [-0.15, -0.1) is 0 Å². The minimum atomic E-state index is -0.447. The molecule has 1 aromatic rings. The van der Waals surface area contributed by atoms with E-state index in [1.807, 2.05) is 12.1 Å². The first-order valence-electron chi connectivity index (χ1n) is 7.68. The van der Waals surface area contributed by atoms with E-state index in [9.17, 15) is 4.79 Å². The number of rotatable bonds is 4. The summed E-state index contributed by atoms with van der Waals surface area (Å²) in [7, 11) is 0. The predicted molar refractivity (Wildman–Crippen MR) is 86.1 cm³/mol. The van der Waals surface area contributed by atoms with Gasteiger partial charge in [0.15, 0.2) is 0 Å². The lowest BCUT2D eigenvalue weighted by molar-refractivity contribution is -0.132. The second kappa shape index (κ2) is 6.48. The Hall–Kier alpha value is -1.55. The first kappa shape index (κ1) is 15.8. The molecule has 0 aliphatic heterocycles. The van der Waals surface area contributed by atoms with Crippen LogP contribution >= 0.6 is 0 Å². The Kier molecular flexibility index (Phi) is 4.88. The van der Waals surface area contributed by atoms with E-state index in [-0.39, 0.29) is 12.0 Å². The van der Waals surface area contributed by atoms with Crippen molar-refractivity contribution in [3.05, 3.63) is 24.3 Å². The van der Waals surface area contributed by atoms with Gasteiger partial charge in [0.1, 0.15) is 6.10 Å². The first-order valence-corrected chi connectivity index (χ1v) is 7.68. The minimum absolute atomic E-state index is 0.120. The number of nitrogens with two attached hydrogens (primary N) is 1. The minimum Gasteiger partial charge on any atom is -0.399 e. The smallest absolute Gasteiger partial charge is 0.253 e. The number of amides is 1. The van der Waals surface area contributed by atoms with Gasteiger partial charge in [-0.3, -0.25) is 4.79 Å². The molecule has 21 heavy (non-hydrogen) atoms. The summed E-state index contributed by atoms with van der Waals surface area (Å²) >= 11 is 0. The van der Waals surface area contributed by atoms with Crippen molar-refractivity contribution in [3.63, 3.8) is 0 Å². The zero-order chi connectivity index (χ0) is 15.5. The topological polar surface area (TPSA) is 64.3 Å². The summed E-state index contributed by atoms with van der Waals surface area (Å²) in [6.45, 7) is 6.39. The number of hydrogen-bond donors (Lipinski definition) is 2. The Bertz CT molecular complexity index is 489. The van der Waals surface area contributed by atoms with Crippen molar-refractivity contribution in [3.8, 4) is 0 Å². The van der Waals surface area contributed by atoms with Gasteiger partial charge in [-0.25, -0.2) is 0 Å². The van der Waals surface area contributed by atoms with Crippen LogP contribution in [0.2, 0.25) is 0 Å². The molecule has 0 bridgehead atoms. The van der Waals surface area contributed by atoms with Gasteiger partial charge >= 0.3 is 0 Å². The van der Waals surface area contributed by atoms with Crippen LogP contribution in [-0.2, 0) is 9.53 Å². The maximum absolute atomic E-state index is 12.1. The zero-order valence-corrected chi connectivity index (χ0v) is 13.2. The van der Waals surface area contributed by atoms with Gasteiger partial charge in [-0.05, 0) is 56.2 Å². The van der Waals surface area contributed by atoms with Gasteiger partial charge in [0, 0.05) is 11.4 Å². The molecule has 0 aromatic heterocycles. The lowest BCUT2D eigenvalue weighted by Gasteiger charge is -2.35. The second-order valence-electron chi connectivity index (χ2n) is 6.76. The van der Waals surface area contributed by atoms with Crippen LogP contribution in [0.5, 0.6) is 0 Å². The molecule has 0 saturated heterocycles. The second-order valence-corrected chi connectivity index (χ2v) is 6.76. The van der Waals surface area contributed by atoms with Crippen molar-refractivity contribution in [1.29, 1.82) is 0 Å². The quantitative estimate of drug-likeness (QED) is 0.833. The molecule has 1 aliphatic carbocycles. The van der Waals surface area contributed by atoms with Crippen LogP contribution < -0.4 is 11.1 Å². The molecule has 1 amide bonds. The number of benzene rings is 1. The largest absolute Gasteiger partial charge is 0.399 e. The van der Waals surface area contributed by atoms with Crippen molar-refractivity contribution in [2.75, 3.05) is 11.1 Å². The third kappa shape index (κ3) is 4.74. The standard InChI is InChI=1S/C17H26N2O2/c1-12(21-15-7-9-17(2,3)10-8-15)16(20)19-14-6-4-5-13(18)11-14/h4-6,11-12,15H,7-10,18H2,1-3H3,(H,19,20). The Morgan fingerprint density at radius 1 is 1.38 bits per heavy atom. The lowest BCUT2D eigenvalue weighted by Crippen LogP contribution is -2.34. The van der Waals surface area contributed by atoms with Crippen molar-refractivity contribution in [1.82, 2.24) is 0 Å². The molecule has 1 aliphatic rings. The van der Waals surface area contributed by atoms with Gasteiger partial charge in [0.05, 0.1) is 6.10 Å². The van der Waals surface area contributed by atoms with Crippen LogP contribution in [0, 0.1) is 5.41 Å². The lowest BCUT2D eigenvalue weighted by atomic mass is 9.76. The van der Waals surface area contributed by atoms with Crippen molar-refractivity contribution in [2.45, 2.75) is 58.7 Å². The fourth-order valence-corrected chi connectivity index (χ4v) is 2.72. The molecule has 0 spiro atoms. The van der Waals surface area contributed by atoms with E-state index < -0.39 is 6.10 Å². The molecular formula is C17H26N2O2. The fourth-order valence-electron chi connectivity index (χ4n) is 2.72. The van der Waals surface area contributed by atoms with Gasteiger partial charge in [0.2, 0.25) is 0 Å². The molecule has 4 heteroatoms. The monoisotopic (exact) mass is 290 g/mol. The maximum Gasteiger partial charge on any atom is 0.253 e. The number of nitrogens with one attached hydrogen (secondary N) is 1. The maximum atomic E-state index is 12.1. The summed E-state index contributed by atoms with van der Waals surface area (Å²) in [5.41, 5.74) is 7.46. The van der Waals surface area contributed by atoms with Gasteiger partial charge < -0.3 is 15.8 Å². The average Bonchev–Trinajstić information content (AvgIpc) is 2.41. The summed E-state index contributed by atoms with van der Waals surface area (Å²) in [6, 6.07) is 7.18. The number of carbonyl (C=O) groups excluding carboxylic acids is 1. The van der Waals surface area contributed by atoms with Crippen LogP contribution in [0.3, 0.4) is 0 Å². The van der Waals surface area contributed by atoms with Crippen LogP contribution in [0.25, 0.3) is 0 Å². The molecular weight excluding hydrogens is 264 g/mol. The molecule has 0 radical (unpaired) electrons. The first-order chi connectivity index (χ1) is 9.85. The predicted octanol–water partition coefficient (Wildman–Crippen LogP) is 3.58. The Morgan fingerprint density at radius 2 is 2.05 bits per heavy atom. The van der Waals surface area contributed by atoms with E-state index in [2.05, 4.69) is 19.2 Å². The van der Waals surface area contributed by atoms with Crippen molar-refractivity contribution >= 4 is 17.3 Å². The molecule has 1 aromatic carbocycles. The molecule has 3 N–H and O–H groups in total. The molecule has 116 valence electrons. The van der Waals surface area contributed by atoms with E-state index in [4.69, 9.17) is 10.5 Å². The van der Waals surface area contributed by atoms with Gasteiger partial charge in [0.25, 0.3) is 5.91 Å². The van der Waals surface area contributed by atoms with Crippen LogP contribution in [0.4, 0.5) is 11.4 Å². The average molecular weight is 290 g/mol. The molecule has 1 unspecified atom stereocenters. The summed E-state index contributed by atoms with van der Waals surface area (Å²) in [6.07, 6.45) is 4.12. The summed E-state index contributed by atoms with van der Waals surface area (Å²) in [5.74, 6) is -0.120. The van der Waals surface area contributed by atoms with Crippen molar-refractivity contribution < 1.29 is 9.53 Å². The highest BCUT2D eigenvalue weighted by Crippen LogP contribution is 2.36. The molecule has 2 rings (SSSR count). The highest BCUT2D eigenvalue weighted by atomic mass is 16.5. The molecule has 1 saturated carbocycles. The van der Waals surface area contributed by atoms with Crippen molar-refractivity contribution in [2.24, 2.45) is 5.41 Å². The zero-order valence-electron chi connectivity index (χ0n) is 13.2. The van der Waals surface area contributed by atoms with Crippen LogP contribution in [0.15, 0.2) is 24.3 Å². The summed E-state index contributed by atoms with van der Waals surface area (Å²) in [5, 5.41) is 2.84. The molecule has 0 heterocycles. The summed E-state index contributed by atoms with van der Waals surface area (Å²) in [4.78, 5) is 12.1. The van der Waals surface area contributed by atoms with E-state index in [0.717, 1.165) is 25.7 Å². The normalized spacial score (nSPS) is 20.0. The van der Waals surface area contributed by atoms with E-state index >= 15 is 0 Å². The number of anilines is 2. The van der Waals surface area contributed by atoms with Gasteiger partial charge in [-0.1, -0.05) is 19.9 Å². The number of carbonyl (C=O) groups is 1. The van der Waals surface area contributed by atoms with Crippen LogP contribution in [0.1, 0.15) is 46.5 Å². The van der Waals surface area contributed by atoms with E-state index in [1.54, 1.807) is 19.1 Å². The van der Waals surface area contributed by atoms with Crippen LogP contribution in [-0.4, -0.2) is 18.1 Å². The highest BCUT2D eigenvalue weighted by Gasteiger charge is 2.29.